The van der Waals surface area contributed by atoms with Crippen LogP contribution >= 0.6 is 22.7 Å². The molecule has 4 heterocycles. The Morgan fingerprint density at radius 2 is 1.48 bits per heavy atom. The van der Waals surface area contributed by atoms with Gasteiger partial charge in [-0.25, -0.2) is 0 Å². The summed E-state index contributed by atoms with van der Waals surface area (Å²) >= 11 is 3.88. The van der Waals surface area contributed by atoms with Gasteiger partial charge in [0.05, 0.1) is 5.00 Å². The number of ether oxygens (including phenoxy) is 1. The van der Waals surface area contributed by atoms with Crippen molar-refractivity contribution in [2.75, 3.05) is 4.90 Å². The molecule has 0 N–H and O–H groups in total. The molecule has 0 radical (unpaired) electrons. The number of fused-ring (bicyclic) bond motifs is 8. The number of hydrogen-bond acceptors (Lipinski definition) is 4. The van der Waals surface area contributed by atoms with Crippen LogP contribution in [0.2, 0.25) is 0 Å². The molecule has 2 unspecified atom stereocenters. The first kappa shape index (κ1) is 26.5. The Labute approximate surface area is 279 Å². The smallest absolute Gasteiger partial charge is 0.270 e. The highest BCUT2D eigenvalue weighted by Crippen LogP contribution is 2.65. The van der Waals surface area contributed by atoms with Crippen LogP contribution in [0.5, 0.6) is 11.5 Å². The normalized spacial score (nSPS) is 25.2. The Morgan fingerprint density at radius 1 is 0.783 bits per heavy atom. The zero-order chi connectivity index (χ0) is 30.5. The fourth-order valence-electron chi connectivity index (χ4n) is 10.5. The lowest BCUT2D eigenvalue weighted by Crippen LogP contribution is -2.58. The summed E-state index contributed by atoms with van der Waals surface area (Å²) in [7, 11) is 0. The zero-order valence-electron chi connectivity index (χ0n) is 26.6. The van der Waals surface area contributed by atoms with Gasteiger partial charge in [0.1, 0.15) is 11.5 Å². The number of benzene rings is 4. The quantitative estimate of drug-likeness (QED) is 0.176. The van der Waals surface area contributed by atoms with Crippen LogP contribution in [0, 0.1) is 17.8 Å². The molecule has 6 aliphatic rings. The van der Waals surface area contributed by atoms with E-state index in [-0.39, 0.29) is 12.1 Å². The first-order valence-electron chi connectivity index (χ1n) is 17.1. The van der Waals surface area contributed by atoms with E-state index in [1.165, 1.54) is 95.5 Å². The molecule has 46 heavy (non-hydrogen) atoms. The van der Waals surface area contributed by atoms with E-state index in [4.69, 9.17) is 4.74 Å². The fourth-order valence-corrected chi connectivity index (χ4v) is 13.0. The van der Waals surface area contributed by atoms with Gasteiger partial charge in [-0.05, 0) is 131 Å². The number of hydrogen-bond donors (Lipinski definition) is 0. The van der Waals surface area contributed by atoms with Gasteiger partial charge in [-0.3, -0.25) is 0 Å². The lowest BCUT2D eigenvalue weighted by molar-refractivity contribution is 0.229. The maximum absolute atomic E-state index is 7.19. The van der Waals surface area contributed by atoms with Crippen LogP contribution in [0.15, 0.2) is 84.9 Å². The third-order valence-corrected chi connectivity index (χ3v) is 14.7. The highest BCUT2D eigenvalue weighted by molar-refractivity contribution is 7.35. The molecule has 4 fully saturated rings. The minimum atomic E-state index is 0.110. The second kappa shape index (κ2) is 8.88. The van der Waals surface area contributed by atoms with Crippen LogP contribution in [-0.2, 0) is 10.8 Å². The van der Waals surface area contributed by atoms with Crippen molar-refractivity contribution in [1.82, 2.24) is 0 Å². The van der Waals surface area contributed by atoms with Gasteiger partial charge >= 0.3 is 0 Å². The molecule has 0 spiro atoms. The predicted octanol–water partition coefficient (Wildman–Crippen LogP) is 9.90. The van der Waals surface area contributed by atoms with E-state index in [9.17, 15) is 0 Å². The van der Waals surface area contributed by atoms with Crippen LogP contribution in [0.1, 0.15) is 64.0 Å². The van der Waals surface area contributed by atoms with Crippen molar-refractivity contribution in [3.63, 3.8) is 0 Å². The van der Waals surface area contributed by atoms with E-state index in [1.807, 2.05) is 22.7 Å². The Hall–Kier alpha value is -3.54. The average Bonchev–Trinajstić information content (AvgIpc) is 3.76. The number of rotatable bonds is 2. The molecule has 2 nitrogen and oxygen atoms in total. The molecule has 6 aromatic rings. The minimum absolute atomic E-state index is 0.110. The summed E-state index contributed by atoms with van der Waals surface area (Å²) in [5, 5.41) is 3.99. The molecule has 4 aromatic carbocycles. The molecule has 4 bridgehead atoms. The third kappa shape index (κ3) is 3.43. The van der Waals surface area contributed by atoms with Crippen molar-refractivity contribution in [2.45, 2.75) is 63.7 Å². The van der Waals surface area contributed by atoms with E-state index in [0.717, 1.165) is 29.3 Å². The van der Waals surface area contributed by atoms with Gasteiger partial charge in [-0.1, -0.05) is 63.2 Å². The SMILES string of the molecule is CC(C)(C)c1ccc(N2c3cc(C45CC6CC(C4)C(C6)C5)cc4c3B(c3sc5ccccc5c3O4)c3c2sc2ccccc32)cc1. The highest BCUT2D eigenvalue weighted by Gasteiger charge is 2.57. The van der Waals surface area contributed by atoms with E-state index in [0.29, 0.717) is 5.41 Å². The van der Waals surface area contributed by atoms with Crippen molar-refractivity contribution in [3.05, 3.63) is 96.1 Å². The summed E-state index contributed by atoms with van der Waals surface area (Å²) in [5.74, 6) is 4.91. The van der Waals surface area contributed by atoms with Crippen molar-refractivity contribution in [3.8, 4) is 11.5 Å². The monoisotopic (exact) mass is 633 g/mol. The first-order chi connectivity index (χ1) is 22.3. The summed E-state index contributed by atoms with van der Waals surface area (Å²) in [4.78, 5) is 2.61. The maximum Gasteiger partial charge on any atom is 0.270 e. The molecular formula is C41H36BNOS2. The lowest BCUT2D eigenvalue weighted by atomic mass is 9.37. The number of nitrogens with zero attached hydrogens (tertiary/aromatic N) is 1. The molecule has 2 aliphatic heterocycles. The topological polar surface area (TPSA) is 12.5 Å². The Bertz CT molecular complexity index is 2240. The van der Waals surface area contributed by atoms with Crippen molar-refractivity contribution >= 4 is 81.6 Å². The second-order valence-electron chi connectivity index (χ2n) is 15.9. The summed E-state index contributed by atoms with van der Waals surface area (Å²) < 4.78 is 11.2. The standard InChI is InChI=1S/C41H36BNOS2/c1-40(2,3)26-12-14-28(15-13-26)43-31-18-27(41-20-23-16-24(21-41)25(17-23)22-41)19-32-36(31)42(35-29-8-4-6-10-33(29)46-39(35)43)38-37(44-32)30-9-5-7-11-34(30)45-38/h4-15,18-19,23-25H,16-17,20-22H2,1-3H3. The van der Waals surface area contributed by atoms with Gasteiger partial charge in [0, 0.05) is 30.9 Å². The molecule has 0 amide bonds. The zero-order valence-corrected chi connectivity index (χ0v) is 28.2. The van der Waals surface area contributed by atoms with E-state index in [2.05, 4.69) is 111 Å². The largest absolute Gasteiger partial charge is 0.457 e. The molecular weight excluding hydrogens is 597 g/mol. The van der Waals surface area contributed by atoms with Crippen LogP contribution in [0.25, 0.3) is 20.2 Å². The molecule has 4 saturated carbocycles. The van der Waals surface area contributed by atoms with E-state index < -0.39 is 0 Å². The average molecular weight is 634 g/mol. The highest BCUT2D eigenvalue weighted by atomic mass is 32.1. The lowest BCUT2D eigenvalue weighted by Gasteiger charge is -2.42. The predicted molar refractivity (Wildman–Crippen MR) is 197 cm³/mol. The Balaban J connectivity index is 1.21. The van der Waals surface area contributed by atoms with Gasteiger partial charge in [-0.15, -0.1) is 22.7 Å². The fraction of sp³-hybridized carbons (Fsp3) is 0.317. The third-order valence-electron chi connectivity index (χ3n) is 12.3. The summed E-state index contributed by atoms with van der Waals surface area (Å²) in [5.41, 5.74) is 8.67. The van der Waals surface area contributed by atoms with Crippen molar-refractivity contribution in [2.24, 2.45) is 17.8 Å². The molecule has 2 atom stereocenters. The molecule has 4 aliphatic carbocycles. The van der Waals surface area contributed by atoms with Crippen LogP contribution in [0.4, 0.5) is 16.4 Å². The Kier molecular flexibility index (Phi) is 5.12. The maximum atomic E-state index is 7.19. The van der Waals surface area contributed by atoms with Crippen LogP contribution in [0.3, 0.4) is 0 Å². The van der Waals surface area contributed by atoms with Gasteiger partial charge in [-0.2, -0.15) is 0 Å². The Morgan fingerprint density at radius 3 is 2.20 bits per heavy atom. The first-order valence-corrected chi connectivity index (χ1v) is 18.8. The van der Waals surface area contributed by atoms with Crippen molar-refractivity contribution < 1.29 is 4.74 Å². The summed E-state index contributed by atoms with van der Waals surface area (Å²) in [6, 6.07) is 32.5. The second-order valence-corrected chi connectivity index (χ2v) is 18.0. The van der Waals surface area contributed by atoms with E-state index in [1.54, 1.807) is 0 Å². The van der Waals surface area contributed by atoms with Gasteiger partial charge in [0.2, 0.25) is 0 Å². The van der Waals surface area contributed by atoms with Gasteiger partial charge < -0.3 is 9.64 Å². The minimum Gasteiger partial charge on any atom is -0.457 e. The molecule has 12 rings (SSSR count). The molecule has 2 aromatic heterocycles. The van der Waals surface area contributed by atoms with Crippen LogP contribution in [-0.4, -0.2) is 6.71 Å². The molecule has 0 saturated heterocycles. The summed E-state index contributed by atoms with van der Waals surface area (Å²) in [6.45, 7) is 7.07. The van der Waals surface area contributed by atoms with Gasteiger partial charge in [0.25, 0.3) is 6.71 Å². The van der Waals surface area contributed by atoms with Gasteiger partial charge in [0.15, 0.2) is 0 Å². The number of anilines is 3. The molecule has 5 heteroatoms. The summed E-state index contributed by atoms with van der Waals surface area (Å²) in [6.07, 6.45) is 6.99. The van der Waals surface area contributed by atoms with Crippen molar-refractivity contribution in [1.29, 1.82) is 0 Å². The van der Waals surface area contributed by atoms with E-state index >= 15 is 0 Å². The van der Waals surface area contributed by atoms with Crippen LogP contribution < -0.4 is 25.3 Å². The number of thiophene rings is 2. The molecule has 226 valence electrons.